The van der Waals surface area contributed by atoms with Crippen molar-refractivity contribution in [3.05, 3.63) is 21.3 Å². The molecule has 1 heterocycles. The van der Waals surface area contributed by atoms with Crippen molar-refractivity contribution in [2.45, 2.75) is 11.8 Å². The molecule has 2 N–H and O–H groups in total. The molecule has 1 rings (SSSR count). The number of carbonyl (C=O) groups excluding carboxylic acids is 1. The molecule has 1 unspecified atom stereocenters. The Morgan fingerprint density at radius 1 is 1.69 bits per heavy atom. The van der Waals surface area contributed by atoms with Crippen LogP contribution in [0.3, 0.4) is 0 Å². The first-order valence-corrected chi connectivity index (χ1v) is 6.73. The minimum Gasteiger partial charge on any atom is -0.480 e. The first kappa shape index (κ1) is 13.3. The van der Waals surface area contributed by atoms with Crippen molar-refractivity contribution in [2.24, 2.45) is 0 Å². The Morgan fingerprint density at radius 3 is 2.94 bits per heavy atom. The van der Waals surface area contributed by atoms with Gasteiger partial charge in [-0.05, 0) is 12.1 Å². The van der Waals surface area contributed by atoms with Gasteiger partial charge in [-0.15, -0.1) is 11.3 Å². The summed E-state index contributed by atoms with van der Waals surface area (Å²) in [5, 5.41) is 11.0. The maximum absolute atomic E-state index is 10.7. The Balaban J connectivity index is 2.33. The van der Waals surface area contributed by atoms with Crippen LogP contribution in [0, 0.1) is 0 Å². The summed E-state index contributed by atoms with van der Waals surface area (Å²) in [5.74, 6) is 0.00878. The molecule has 0 saturated heterocycles. The van der Waals surface area contributed by atoms with Crippen molar-refractivity contribution in [3.8, 4) is 0 Å². The molecule has 1 amide bonds. The first-order valence-electron chi connectivity index (χ1n) is 4.38. The van der Waals surface area contributed by atoms with E-state index in [0.29, 0.717) is 17.9 Å². The Labute approximate surface area is 106 Å². The number of aliphatic carboxylic acids is 1. The molecule has 0 aliphatic carbocycles. The summed E-state index contributed by atoms with van der Waals surface area (Å²) in [6, 6.07) is 2.88. The van der Waals surface area contributed by atoms with Gasteiger partial charge < -0.3 is 10.4 Å². The molecule has 1 aromatic heterocycles. The lowest BCUT2D eigenvalue weighted by Gasteiger charge is -2.09. The van der Waals surface area contributed by atoms with E-state index in [9.17, 15) is 9.59 Å². The summed E-state index contributed by atoms with van der Waals surface area (Å²) in [7, 11) is 0. The molecule has 0 aliphatic rings. The van der Waals surface area contributed by atoms with E-state index in [0.717, 1.165) is 9.21 Å². The number of rotatable bonds is 7. The van der Waals surface area contributed by atoms with Crippen molar-refractivity contribution in [1.82, 2.24) is 5.32 Å². The zero-order valence-corrected chi connectivity index (χ0v) is 10.6. The molecule has 0 aromatic carbocycles. The van der Waals surface area contributed by atoms with Crippen LogP contribution in [0.1, 0.15) is 4.88 Å². The standard InChI is InChI=1S/C9H10ClNO3S2/c10-8-2-1-6(16-8)3-15-4-7(9(13)14)11-5-12/h1-2,5,7H,3-4H2,(H,11,12)(H,13,14). The van der Waals surface area contributed by atoms with E-state index in [2.05, 4.69) is 5.32 Å². The molecule has 1 aromatic rings. The number of carbonyl (C=O) groups is 2. The molecular formula is C9H10ClNO3S2. The third-order valence-corrected chi connectivity index (χ3v) is 4.22. The van der Waals surface area contributed by atoms with Gasteiger partial charge in [-0.25, -0.2) is 4.79 Å². The lowest BCUT2D eigenvalue weighted by atomic mass is 10.3. The Kier molecular flexibility index (Phi) is 5.65. The van der Waals surface area contributed by atoms with Crippen LogP contribution in [0.2, 0.25) is 4.34 Å². The number of carboxylic acids is 1. The minimum absolute atomic E-state index is 0.337. The fourth-order valence-corrected chi connectivity index (χ4v) is 3.24. The van der Waals surface area contributed by atoms with E-state index in [1.54, 1.807) is 6.07 Å². The SMILES string of the molecule is O=CNC(CSCc1ccc(Cl)s1)C(=O)O. The minimum atomic E-state index is -1.02. The third kappa shape index (κ3) is 4.42. The highest BCUT2D eigenvalue weighted by Gasteiger charge is 2.15. The van der Waals surface area contributed by atoms with Crippen molar-refractivity contribution in [3.63, 3.8) is 0 Å². The second kappa shape index (κ2) is 6.78. The number of thioether (sulfide) groups is 1. The molecule has 0 bridgehead atoms. The summed E-state index contributed by atoms with van der Waals surface area (Å²) in [6.45, 7) is 0. The van der Waals surface area contributed by atoms with Crippen molar-refractivity contribution >= 4 is 47.1 Å². The summed E-state index contributed by atoms with van der Waals surface area (Å²) in [4.78, 5) is 21.9. The van der Waals surface area contributed by atoms with Gasteiger partial charge >= 0.3 is 5.97 Å². The van der Waals surface area contributed by atoms with Gasteiger partial charge in [0.15, 0.2) is 0 Å². The fraction of sp³-hybridized carbons (Fsp3) is 0.333. The molecule has 0 fully saturated rings. The second-order valence-electron chi connectivity index (χ2n) is 2.90. The lowest BCUT2D eigenvalue weighted by Crippen LogP contribution is -2.37. The molecule has 0 saturated carbocycles. The number of amides is 1. The van der Waals surface area contributed by atoms with Crippen LogP contribution >= 0.6 is 34.7 Å². The highest BCUT2D eigenvalue weighted by Crippen LogP contribution is 2.25. The van der Waals surface area contributed by atoms with Gasteiger partial charge in [0.2, 0.25) is 6.41 Å². The Bertz CT molecular complexity index is 369. The van der Waals surface area contributed by atoms with Crippen LogP contribution in [0.5, 0.6) is 0 Å². The van der Waals surface area contributed by atoms with Crippen molar-refractivity contribution < 1.29 is 14.7 Å². The molecule has 16 heavy (non-hydrogen) atoms. The number of thiophene rings is 1. The Morgan fingerprint density at radius 2 is 2.44 bits per heavy atom. The third-order valence-electron chi connectivity index (χ3n) is 1.73. The van der Waals surface area contributed by atoms with E-state index in [4.69, 9.17) is 16.7 Å². The van der Waals surface area contributed by atoms with Crippen LogP contribution in [-0.2, 0) is 15.3 Å². The van der Waals surface area contributed by atoms with E-state index in [1.807, 2.05) is 6.07 Å². The summed E-state index contributed by atoms with van der Waals surface area (Å²) in [6.07, 6.45) is 0.404. The van der Waals surface area contributed by atoms with Gasteiger partial charge in [-0.3, -0.25) is 4.79 Å². The van der Waals surface area contributed by atoms with Crippen LogP contribution in [0.4, 0.5) is 0 Å². The molecule has 0 spiro atoms. The molecule has 88 valence electrons. The lowest BCUT2D eigenvalue weighted by molar-refractivity contribution is -0.139. The zero-order chi connectivity index (χ0) is 12.0. The Hall–Kier alpha value is -0.720. The summed E-state index contributed by atoms with van der Waals surface area (Å²) < 4.78 is 0.719. The van der Waals surface area contributed by atoms with Gasteiger partial charge in [-0.2, -0.15) is 11.8 Å². The highest BCUT2D eigenvalue weighted by atomic mass is 35.5. The van der Waals surface area contributed by atoms with Gasteiger partial charge in [0.25, 0.3) is 0 Å². The van der Waals surface area contributed by atoms with Crippen LogP contribution in [-0.4, -0.2) is 29.3 Å². The predicted molar refractivity (Wildman–Crippen MR) is 66.1 cm³/mol. The van der Waals surface area contributed by atoms with Gasteiger partial charge in [0, 0.05) is 16.4 Å². The van der Waals surface area contributed by atoms with E-state index in [-0.39, 0.29) is 0 Å². The molecule has 0 radical (unpaired) electrons. The number of hydrogen-bond acceptors (Lipinski definition) is 4. The quantitative estimate of drug-likeness (QED) is 0.748. The summed E-state index contributed by atoms with van der Waals surface area (Å²) in [5.41, 5.74) is 0. The number of nitrogens with one attached hydrogen (secondary N) is 1. The maximum atomic E-state index is 10.7. The first-order chi connectivity index (χ1) is 7.63. The highest BCUT2D eigenvalue weighted by molar-refractivity contribution is 7.98. The van der Waals surface area contributed by atoms with Crippen molar-refractivity contribution in [1.29, 1.82) is 0 Å². The molecule has 1 atom stereocenters. The molecule has 0 aliphatic heterocycles. The van der Waals surface area contributed by atoms with Gasteiger partial charge in [-0.1, -0.05) is 11.6 Å². The summed E-state index contributed by atoms with van der Waals surface area (Å²) >= 11 is 8.67. The van der Waals surface area contributed by atoms with E-state index in [1.165, 1.54) is 23.1 Å². The number of hydrogen-bond donors (Lipinski definition) is 2. The van der Waals surface area contributed by atoms with E-state index >= 15 is 0 Å². The zero-order valence-electron chi connectivity index (χ0n) is 8.18. The average Bonchev–Trinajstić information content (AvgIpc) is 2.63. The maximum Gasteiger partial charge on any atom is 0.327 e. The molecule has 4 nitrogen and oxygen atoms in total. The van der Waals surface area contributed by atoms with Crippen LogP contribution < -0.4 is 5.32 Å². The molecule has 7 heteroatoms. The average molecular weight is 280 g/mol. The van der Waals surface area contributed by atoms with Gasteiger partial charge in [0.05, 0.1) is 4.34 Å². The normalized spacial score (nSPS) is 12.1. The predicted octanol–water partition coefficient (Wildman–Crippen LogP) is 1.83. The molecular weight excluding hydrogens is 270 g/mol. The fourth-order valence-electron chi connectivity index (χ4n) is 0.980. The van der Waals surface area contributed by atoms with E-state index < -0.39 is 12.0 Å². The van der Waals surface area contributed by atoms with Gasteiger partial charge in [0.1, 0.15) is 6.04 Å². The number of halogens is 1. The van der Waals surface area contributed by atoms with Crippen LogP contribution in [0.15, 0.2) is 12.1 Å². The topological polar surface area (TPSA) is 66.4 Å². The second-order valence-corrected chi connectivity index (χ2v) is 5.73. The monoisotopic (exact) mass is 279 g/mol. The largest absolute Gasteiger partial charge is 0.480 e. The van der Waals surface area contributed by atoms with Crippen molar-refractivity contribution in [2.75, 3.05) is 5.75 Å². The van der Waals surface area contributed by atoms with Crippen LogP contribution in [0.25, 0.3) is 0 Å². The smallest absolute Gasteiger partial charge is 0.327 e. The number of carboxylic acid groups (broad SMARTS) is 1.